The van der Waals surface area contributed by atoms with E-state index in [2.05, 4.69) is 0 Å². The molecule has 0 aliphatic heterocycles. The quantitative estimate of drug-likeness (QED) is 0.559. The number of hydrogen-bond acceptors (Lipinski definition) is 2. The predicted octanol–water partition coefficient (Wildman–Crippen LogP) is 3.10. The van der Waals surface area contributed by atoms with Gasteiger partial charge < -0.3 is 10.2 Å². The molecule has 20 heavy (non-hydrogen) atoms. The second-order valence-electron chi connectivity index (χ2n) is 4.20. The second-order valence-corrected chi connectivity index (χ2v) is 4.20. The molecule has 0 saturated carbocycles. The highest BCUT2D eigenvalue weighted by Crippen LogP contribution is 2.40. The van der Waals surface area contributed by atoms with Gasteiger partial charge in [0, 0.05) is 24.0 Å². The van der Waals surface area contributed by atoms with Crippen LogP contribution in [0.3, 0.4) is 0 Å². The SMILES string of the molecule is C/C(=C\CC(F)(F)C(F)(F)C/C=C(\C)C(=O)O)C(=O)O. The summed E-state index contributed by atoms with van der Waals surface area (Å²) in [6, 6.07) is 0. The van der Waals surface area contributed by atoms with Crippen LogP contribution in [-0.2, 0) is 9.59 Å². The van der Waals surface area contributed by atoms with Crippen LogP contribution in [0.15, 0.2) is 23.3 Å². The number of hydrogen-bond donors (Lipinski definition) is 2. The van der Waals surface area contributed by atoms with E-state index < -0.39 is 47.8 Å². The van der Waals surface area contributed by atoms with Gasteiger partial charge in [-0.15, -0.1) is 0 Å². The molecular formula is C12H14F4O4. The third-order valence-corrected chi connectivity index (χ3v) is 2.54. The number of carboxylic acid groups (broad SMARTS) is 2. The molecule has 4 nitrogen and oxygen atoms in total. The standard InChI is InChI=1S/C12H14F4O4/c1-7(9(17)18)3-5-11(13,14)12(15,16)6-4-8(2)10(19)20/h3-4H,5-6H2,1-2H3,(H,17,18)(H,19,20)/b7-3+,8-4+. The Morgan fingerprint density at radius 2 is 1.10 bits per heavy atom. The van der Waals surface area contributed by atoms with Crippen LogP contribution in [0.5, 0.6) is 0 Å². The molecule has 114 valence electrons. The van der Waals surface area contributed by atoms with E-state index >= 15 is 0 Å². The Kier molecular flexibility index (Phi) is 5.93. The highest BCUT2D eigenvalue weighted by atomic mass is 19.3. The molecule has 0 saturated heterocycles. The second kappa shape index (κ2) is 6.53. The molecule has 0 atom stereocenters. The van der Waals surface area contributed by atoms with Crippen molar-refractivity contribution in [1.82, 2.24) is 0 Å². The molecule has 0 heterocycles. The molecule has 0 aromatic rings. The summed E-state index contributed by atoms with van der Waals surface area (Å²) in [5.74, 6) is -11.9. The molecule has 0 aliphatic carbocycles. The lowest BCUT2D eigenvalue weighted by Gasteiger charge is -2.24. The van der Waals surface area contributed by atoms with Gasteiger partial charge in [-0.25, -0.2) is 9.59 Å². The van der Waals surface area contributed by atoms with E-state index in [1.807, 2.05) is 0 Å². The first kappa shape index (κ1) is 18.1. The van der Waals surface area contributed by atoms with Crippen molar-refractivity contribution in [3.05, 3.63) is 23.3 Å². The van der Waals surface area contributed by atoms with Crippen molar-refractivity contribution in [3.63, 3.8) is 0 Å². The van der Waals surface area contributed by atoms with Crippen molar-refractivity contribution >= 4 is 11.9 Å². The van der Waals surface area contributed by atoms with E-state index in [-0.39, 0.29) is 0 Å². The van der Waals surface area contributed by atoms with Gasteiger partial charge >= 0.3 is 23.8 Å². The third kappa shape index (κ3) is 5.02. The summed E-state index contributed by atoms with van der Waals surface area (Å²) in [5.41, 5.74) is -0.949. The largest absolute Gasteiger partial charge is 0.478 e. The molecule has 0 radical (unpaired) electrons. The van der Waals surface area contributed by atoms with E-state index in [0.29, 0.717) is 12.2 Å². The average Bonchev–Trinajstić information content (AvgIpc) is 2.32. The van der Waals surface area contributed by atoms with Gasteiger partial charge in [-0.2, -0.15) is 17.6 Å². The van der Waals surface area contributed by atoms with Crippen LogP contribution in [-0.4, -0.2) is 34.0 Å². The number of alkyl halides is 4. The number of halogens is 4. The molecule has 0 unspecified atom stereocenters. The van der Waals surface area contributed by atoms with Crippen LogP contribution in [0.25, 0.3) is 0 Å². The molecule has 0 fully saturated rings. The van der Waals surface area contributed by atoms with E-state index in [9.17, 15) is 27.2 Å². The minimum atomic E-state index is -4.47. The lowest BCUT2D eigenvalue weighted by Crippen LogP contribution is -2.39. The van der Waals surface area contributed by atoms with Crippen molar-refractivity contribution in [3.8, 4) is 0 Å². The lowest BCUT2D eigenvalue weighted by atomic mass is 10.0. The van der Waals surface area contributed by atoms with Gasteiger partial charge in [0.1, 0.15) is 0 Å². The summed E-state index contributed by atoms with van der Waals surface area (Å²) < 4.78 is 53.3. The van der Waals surface area contributed by atoms with Gasteiger partial charge in [-0.05, 0) is 13.8 Å². The lowest BCUT2D eigenvalue weighted by molar-refractivity contribution is -0.204. The van der Waals surface area contributed by atoms with E-state index in [1.54, 1.807) is 0 Å². The zero-order valence-corrected chi connectivity index (χ0v) is 10.8. The van der Waals surface area contributed by atoms with Crippen molar-refractivity contribution < 1.29 is 37.4 Å². The minimum Gasteiger partial charge on any atom is -0.478 e. The zero-order valence-electron chi connectivity index (χ0n) is 10.8. The van der Waals surface area contributed by atoms with Gasteiger partial charge in [-0.3, -0.25) is 0 Å². The average molecular weight is 298 g/mol. The summed E-state index contributed by atoms with van der Waals surface area (Å²) in [5, 5.41) is 16.9. The Hall–Kier alpha value is -1.86. The van der Waals surface area contributed by atoms with Gasteiger partial charge in [0.05, 0.1) is 0 Å². The van der Waals surface area contributed by atoms with Crippen LogP contribution in [0.1, 0.15) is 26.7 Å². The molecule has 0 aromatic heterocycles. The molecule has 0 amide bonds. The molecule has 0 aliphatic rings. The number of rotatable bonds is 7. The van der Waals surface area contributed by atoms with Crippen LogP contribution < -0.4 is 0 Å². The molecule has 0 bridgehead atoms. The summed E-state index contributed by atoms with van der Waals surface area (Å²) in [6.45, 7) is 2.01. The first-order valence-electron chi connectivity index (χ1n) is 5.46. The smallest absolute Gasteiger partial charge is 0.330 e. The maximum Gasteiger partial charge on any atom is 0.330 e. The molecular weight excluding hydrogens is 284 g/mol. The Labute approximate surface area is 112 Å². The van der Waals surface area contributed by atoms with Crippen molar-refractivity contribution in [2.45, 2.75) is 38.5 Å². The zero-order chi connectivity index (χ0) is 16.1. The number of allylic oxidation sites excluding steroid dienone is 2. The molecule has 0 rings (SSSR count). The highest BCUT2D eigenvalue weighted by molar-refractivity contribution is 5.86. The van der Waals surface area contributed by atoms with Gasteiger partial charge in [0.25, 0.3) is 0 Å². The Morgan fingerprint density at radius 1 is 0.850 bits per heavy atom. The fraction of sp³-hybridized carbons (Fsp3) is 0.500. The summed E-state index contributed by atoms with van der Waals surface area (Å²) >= 11 is 0. The van der Waals surface area contributed by atoms with Crippen molar-refractivity contribution in [2.75, 3.05) is 0 Å². The van der Waals surface area contributed by atoms with E-state index in [4.69, 9.17) is 10.2 Å². The van der Waals surface area contributed by atoms with Crippen LogP contribution in [0.4, 0.5) is 17.6 Å². The van der Waals surface area contributed by atoms with Crippen molar-refractivity contribution in [1.29, 1.82) is 0 Å². The Morgan fingerprint density at radius 3 is 1.30 bits per heavy atom. The monoisotopic (exact) mass is 298 g/mol. The molecule has 0 spiro atoms. The number of carbonyl (C=O) groups is 2. The topological polar surface area (TPSA) is 74.6 Å². The predicted molar refractivity (Wildman–Crippen MR) is 61.9 cm³/mol. The van der Waals surface area contributed by atoms with Gasteiger partial charge in [-0.1, -0.05) is 12.2 Å². The van der Waals surface area contributed by atoms with Crippen molar-refractivity contribution in [2.24, 2.45) is 0 Å². The molecule has 0 aromatic carbocycles. The maximum atomic E-state index is 13.3. The number of carboxylic acids is 2. The molecule has 8 heteroatoms. The Balaban J connectivity index is 4.98. The highest BCUT2D eigenvalue weighted by Gasteiger charge is 2.54. The maximum absolute atomic E-state index is 13.3. The summed E-state index contributed by atoms with van der Waals surface area (Å²) in [6.07, 6.45) is -1.88. The third-order valence-electron chi connectivity index (χ3n) is 2.54. The molecule has 2 N–H and O–H groups in total. The first-order chi connectivity index (χ1) is 8.90. The normalized spacial score (nSPS) is 14.3. The minimum absolute atomic E-state index is 0.474. The van der Waals surface area contributed by atoms with Crippen LogP contribution in [0, 0.1) is 0 Å². The van der Waals surface area contributed by atoms with Crippen LogP contribution in [0.2, 0.25) is 0 Å². The number of aliphatic carboxylic acids is 2. The Bertz CT molecular complexity index is 410. The van der Waals surface area contributed by atoms with E-state index in [0.717, 1.165) is 13.8 Å². The fourth-order valence-corrected chi connectivity index (χ4v) is 1.04. The fourth-order valence-electron chi connectivity index (χ4n) is 1.04. The summed E-state index contributed by atoms with van der Waals surface area (Å²) in [4.78, 5) is 20.8. The van der Waals surface area contributed by atoms with Crippen LogP contribution >= 0.6 is 0 Å². The van der Waals surface area contributed by atoms with Gasteiger partial charge in [0.15, 0.2) is 0 Å². The first-order valence-corrected chi connectivity index (χ1v) is 5.46. The van der Waals surface area contributed by atoms with E-state index in [1.165, 1.54) is 0 Å². The summed E-state index contributed by atoms with van der Waals surface area (Å²) in [7, 11) is 0. The van der Waals surface area contributed by atoms with Gasteiger partial charge in [0.2, 0.25) is 0 Å².